The molecular weight excluding hydrogens is 294 g/mol. The van der Waals surface area contributed by atoms with E-state index in [0.29, 0.717) is 13.1 Å². The second-order valence-corrected chi connectivity index (χ2v) is 6.16. The fourth-order valence-electron chi connectivity index (χ4n) is 2.39. The van der Waals surface area contributed by atoms with Crippen molar-refractivity contribution in [3.05, 3.63) is 34.3 Å². The second-order valence-electron chi connectivity index (χ2n) is 5.24. The van der Waals surface area contributed by atoms with Gasteiger partial charge in [-0.1, -0.05) is 28.1 Å². The van der Waals surface area contributed by atoms with Crippen molar-refractivity contribution in [3.8, 4) is 0 Å². The smallest absolute Gasteiger partial charge is 0.176 e. The molecule has 1 aromatic carbocycles. The minimum absolute atomic E-state index is 0.111. The molecule has 4 heteroatoms. The van der Waals surface area contributed by atoms with Gasteiger partial charge in [-0.3, -0.25) is 9.69 Å². The van der Waals surface area contributed by atoms with Gasteiger partial charge in [0.15, 0.2) is 5.78 Å². The minimum atomic E-state index is -0.655. The summed E-state index contributed by atoms with van der Waals surface area (Å²) in [6, 6.07) is 7.40. The molecular formula is C14H18BrNO2. The van der Waals surface area contributed by atoms with Crippen LogP contribution in [0.3, 0.4) is 0 Å². The van der Waals surface area contributed by atoms with Crippen LogP contribution in [0.1, 0.15) is 30.1 Å². The van der Waals surface area contributed by atoms with Crippen molar-refractivity contribution in [3.63, 3.8) is 0 Å². The highest BCUT2D eigenvalue weighted by atomic mass is 79.9. The van der Waals surface area contributed by atoms with E-state index in [9.17, 15) is 9.90 Å². The number of benzene rings is 1. The molecule has 1 aromatic rings. The van der Waals surface area contributed by atoms with E-state index in [-0.39, 0.29) is 5.78 Å². The first-order chi connectivity index (χ1) is 8.46. The number of hydrogen-bond donors (Lipinski definition) is 1. The van der Waals surface area contributed by atoms with Crippen LogP contribution in [0, 0.1) is 0 Å². The molecule has 1 aliphatic rings. The molecule has 2 rings (SSSR count). The molecule has 1 N–H and O–H groups in total. The molecule has 0 amide bonds. The molecule has 0 bridgehead atoms. The molecule has 0 spiro atoms. The number of β-amino-alcohol motifs (C(OH)–C–C–N with tert-alkyl or cyclic N) is 1. The lowest BCUT2D eigenvalue weighted by Crippen LogP contribution is -2.47. The van der Waals surface area contributed by atoms with E-state index in [0.717, 1.165) is 29.4 Å². The Hall–Kier alpha value is -0.710. The third-order valence-electron chi connectivity index (χ3n) is 3.29. The summed E-state index contributed by atoms with van der Waals surface area (Å²) in [5.74, 6) is 0.111. The Balaban J connectivity index is 1.97. The molecule has 3 nitrogen and oxygen atoms in total. The fourth-order valence-corrected chi connectivity index (χ4v) is 2.65. The Morgan fingerprint density at radius 3 is 2.72 bits per heavy atom. The van der Waals surface area contributed by atoms with Gasteiger partial charge < -0.3 is 5.11 Å². The van der Waals surface area contributed by atoms with Crippen LogP contribution in [-0.2, 0) is 0 Å². The zero-order valence-corrected chi connectivity index (χ0v) is 12.1. The van der Waals surface area contributed by atoms with E-state index in [2.05, 4.69) is 15.9 Å². The van der Waals surface area contributed by atoms with E-state index in [1.165, 1.54) is 0 Å². The molecule has 1 saturated heterocycles. The number of piperidine rings is 1. The van der Waals surface area contributed by atoms with Crippen LogP contribution in [0.15, 0.2) is 28.7 Å². The van der Waals surface area contributed by atoms with E-state index < -0.39 is 5.60 Å². The second kappa shape index (κ2) is 5.51. The molecule has 1 atom stereocenters. The summed E-state index contributed by atoms with van der Waals surface area (Å²) < 4.78 is 0.972. The Morgan fingerprint density at radius 1 is 1.44 bits per heavy atom. The Morgan fingerprint density at radius 2 is 2.11 bits per heavy atom. The molecule has 0 saturated carbocycles. The number of carbonyl (C=O) groups excluding carboxylic acids is 1. The summed E-state index contributed by atoms with van der Waals surface area (Å²) >= 11 is 3.35. The van der Waals surface area contributed by atoms with Crippen LogP contribution in [0.5, 0.6) is 0 Å². The van der Waals surface area contributed by atoms with Gasteiger partial charge in [0.1, 0.15) is 0 Å². The predicted octanol–water partition coefficient (Wildman–Crippen LogP) is 2.48. The SMILES string of the molecule is CC1(O)CCCN(CC(=O)c2ccc(Br)cc2)C1. The summed E-state index contributed by atoms with van der Waals surface area (Å²) in [5, 5.41) is 10.0. The third kappa shape index (κ3) is 3.64. The highest BCUT2D eigenvalue weighted by Gasteiger charge is 2.29. The van der Waals surface area contributed by atoms with Crippen LogP contribution < -0.4 is 0 Å². The largest absolute Gasteiger partial charge is 0.389 e. The van der Waals surface area contributed by atoms with E-state index in [1.54, 1.807) is 0 Å². The highest BCUT2D eigenvalue weighted by Crippen LogP contribution is 2.20. The van der Waals surface area contributed by atoms with Gasteiger partial charge in [-0.25, -0.2) is 0 Å². The van der Waals surface area contributed by atoms with Crippen molar-refractivity contribution in [2.24, 2.45) is 0 Å². The van der Waals surface area contributed by atoms with Crippen LogP contribution in [-0.4, -0.2) is 41.0 Å². The molecule has 1 heterocycles. The highest BCUT2D eigenvalue weighted by molar-refractivity contribution is 9.10. The monoisotopic (exact) mass is 311 g/mol. The zero-order chi connectivity index (χ0) is 13.2. The number of ketones is 1. The maximum Gasteiger partial charge on any atom is 0.176 e. The van der Waals surface area contributed by atoms with Crippen molar-refractivity contribution in [2.45, 2.75) is 25.4 Å². The fraction of sp³-hybridized carbons (Fsp3) is 0.500. The van der Waals surface area contributed by atoms with Gasteiger partial charge in [0.05, 0.1) is 12.1 Å². The van der Waals surface area contributed by atoms with Gasteiger partial charge in [0.25, 0.3) is 0 Å². The first-order valence-electron chi connectivity index (χ1n) is 6.20. The number of aliphatic hydroxyl groups is 1. The van der Waals surface area contributed by atoms with Gasteiger partial charge in [0.2, 0.25) is 0 Å². The molecule has 1 unspecified atom stereocenters. The summed E-state index contributed by atoms with van der Waals surface area (Å²) in [4.78, 5) is 14.1. The van der Waals surface area contributed by atoms with Crippen LogP contribution >= 0.6 is 15.9 Å². The quantitative estimate of drug-likeness (QED) is 0.872. The van der Waals surface area contributed by atoms with Gasteiger partial charge in [-0.2, -0.15) is 0 Å². The van der Waals surface area contributed by atoms with Gasteiger partial charge in [0, 0.05) is 16.6 Å². The first kappa shape index (κ1) is 13.7. The summed E-state index contributed by atoms with van der Waals surface area (Å²) in [6.45, 7) is 3.69. The topological polar surface area (TPSA) is 40.5 Å². The summed E-state index contributed by atoms with van der Waals surface area (Å²) in [7, 11) is 0. The lowest BCUT2D eigenvalue weighted by atomic mass is 9.95. The van der Waals surface area contributed by atoms with Gasteiger partial charge >= 0.3 is 0 Å². The van der Waals surface area contributed by atoms with E-state index >= 15 is 0 Å². The van der Waals surface area contributed by atoms with Crippen molar-refractivity contribution in [2.75, 3.05) is 19.6 Å². The van der Waals surface area contributed by atoms with Crippen molar-refractivity contribution >= 4 is 21.7 Å². The number of Topliss-reactive ketones (excluding diaryl/α,β-unsaturated/α-hetero) is 1. The predicted molar refractivity (Wildman–Crippen MR) is 74.8 cm³/mol. The third-order valence-corrected chi connectivity index (χ3v) is 3.82. The molecule has 98 valence electrons. The molecule has 0 radical (unpaired) electrons. The zero-order valence-electron chi connectivity index (χ0n) is 10.5. The minimum Gasteiger partial charge on any atom is -0.389 e. The van der Waals surface area contributed by atoms with Crippen molar-refractivity contribution in [1.82, 2.24) is 4.90 Å². The molecule has 1 aliphatic heterocycles. The van der Waals surface area contributed by atoms with Crippen LogP contribution in [0.25, 0.3) is 0 Å². The van der Waals surface area contributed by atoms with E-state index in [4.69, 9.17) is 0 Å². The Kier molecular flexibility index (Phi) is 4.20. The number of halogens is 1. The Bertz CT molecular complexity index is 428. The molecule has 0 aliphatic carbocycles. The summed E-state index contributed by atoms with van der Waals surface area (Å²) in [5.41, 5.74) is 0.0709. The molecule has 0 aromatic heterocycles. The average molecular weight is 312 g/mol. The number of carbonyl (C=O) groups is 1. The maximum atomic E-state index is 12.1. The normalized spacial score (nSPS) is 25.1. The number of nitrogens with zero attached hydrogens (tertiary/aromatic N) is 1. The van der Waals surface area contributed by atoms with Gasteiger partial charge in [-0.15, -0.1) is 0 Å². The molecule has 1 fully saturated rings. The van der Waals surface area contributed by atoms with E-state index in [1.807, 2.05) is 36.1 Å². The lowest BCUT2D eigenvalue weighted by Gasteiger charge is -2.36. The number of hydrogen-bond acceptors (Lipinski definition) is 3. The van der Waals surface area contributed by atoms with Crippen LogP contribution in [0.4, 0.5) is 0 Å². The van der Waals surface area contributed by atoms with Crippen molar-refractivity contribution in [1.29, 1.82) is 0 Å². The number of likely N-dealkylation sites (tertiary alicyclic amines) is 1. The van der Waals surface area contributed by atoms with Gasteiger partial charge in [-0.05, 0) is 38.4 Å². The maximum absolute atomic E-state index is 12.1. The lowest BCUT2D eigenvalue weighted by molar-refractivity contribution is -0.0132. The van der Waals surface area contributed by atoms with Crippen LogP contribution in [0.2, 0.25) is 0 Å². The molecule has 18 heavy (non-hydrogen) atoms. The standard InChI is InChI=1S/C14H18BrNO2/c1-14(18)7-2-8-16(10-14)9-13(17)11-3-5-12(15)6-4-11/h3-6,18H,2,7-10H2,1H3. The first-order valence-corrected chi connectivity index (χ1v) is 6.99. The van der Waals surface area contributed by atoms with Crippen molar-refractivity contribution < 1.29 is 9.90 Å². The summed E-state index contributed by atoms with van der Waals surface area (Å²) in [6.07, 6.45) is 1.76. The number of rotatable bonds is 3. The Labute approximate surface area is 116 Å². The average Bonchev–Trinajstić information content (AvgIpc) is 2.28.